The molecule has 27 heavy (non-hydrogen) atoms. The van der Waals surface area contributed by atoms with Crippen LogP contribution in [0.2, 0.25) is 0 Å². The van der Waals surface area contributed by atoms with Crippen LogP contribution in [0.5, 0.6) is 23.0 Å². The average molecular weight is 370 g/mol. The van der Waals surface area contributed by atoms with Crippen LogP contribution in [0.4, 0.5) is 0 Å². The SMILES string of the molecule is COc1cc(C=CCOCC=Cc2cc(OC)cc(OC)c2)cc(OC)c1. The van der Waals surface area contributed by atoms with Crippen molar-refractivity contribution in [1.29, 1.82) is 0 Å². The highest BCUT2D eigenvalue weighted by Crippen LogP contribution is 2.24. The summed E-state index contributed by atoms with van der Waals surface area (Å²) in [5.74, 6) is 3.02. The zero-order chi connectivity index (χ0) is 19.5. The van der Waals surface area contributed by atoms with Gasteiger partial charge in [-0.2, -0.15) is 0 Å². The van der Waals surface area contributed by atoms with Crippen LogP contribution < -0.4 is 18.9 Å². The zero-order valence-corrected chi connectivity index (χ0v) is 16.2. The van der Waals surface area contributed by atoms with Gasteiger partial charge in [0.15, 0.2) is 0 Å². The minimum Gasteiger partial charge on any atom is -0.497 e. The van der Waals surface area contributed by atoms with Gasteiger partial charge >= 0.3 is 0 Å². The molecule has 5 nitrogen and oxygen atoms in total. The van der Waals surface area contributed by atoms with Crippen LogP contribution in [0.3, 0.4) is 0 Å². The molecule has 0 unspecified atom stereocenters. The molecule has 0 aliphatic rings. The lowest BCUT2D eigenvalue weighted by Crippen LogP contribution is -1.91. The Morgan fingerprint density at radius 1 is 0.556 bits per heavy atom. The normalized spacial score (nSPS) is 11.1. The van der Waals surface area contributed by atoms with Gasteiger partial charge in [0.25, 0.3) is 0 Å². The number of ether oxygens (including phenoxy) is 5. The minimum absolute atomic E-state index is 0.505. The maximum absolute atomic E-state index is 5.60. The second kappa shape index (κ2) is 10.9. The van der Waals surface area contributed by atoms with Crippen molar-refractivity contribution in [2.24, 2.45) is 0 Å². The molecule has 0 amide bonds. The van der Waals surface area contributed by atoms with Gasteiger partial charge in [0, 0.05) is 12.1 Å². The second-order valence-electron chi connectivity index (χ2n) is 5.63. The van der Waals surface area contributed by atoms with Gasteiger partial charge in [-0.05, 0) is 35.4 Å². The first-order valence-corrected chi connectivity index (χ1v) is 8.55. The summed E-state index contributed by atoms with van der Waals surface area (Å²) in [5.41, 5.74) is 1.99. The molecular weight excluding hydrogens is 344 g/mol. The Morgan fingerprint density at radius 3 is 1.19 bits per heavy atom. The lowest BCUT2D eigenvalue weighted by molar-refractivity contribution is 0.195. The molecule has 0 bridgehead atoms. The summed E-state index contributed by atoms with van der Waals surface area (Å²) in [6.45, 7) is 1.01. The largest absolute Gasteiger partial charge is 0.497 e. The fourth-order valence-electron chi connectivity index (χ4n) is 2.42. The molecule has 144 valence electrons. The van der Waals surface area contributed by atoms with E-state index in [2.05, 4.69) is 0 Å². The van der Waals surface area contributed by atoms with Crippen LogP contribution >= 0.6 is 0 Å². The lowest BCUT2D eigenvalue weighted by atomic mass is 10.2. The third-order valence-corrected chi connectivity index (χ3v) is 3.80. The number of rotatable bonds is 10. The van der Waals surface area contributed by atoms with E-state index in [1.807, 2.05) is 60.7 Å². The smallest absolute Gasteiger partial charge is 0.123 e. The highest BCUT2D eigenvalue weighted by Gasteiger charge is 2.00. The predicted octanol–water partition coefficient (Wildman–Crippen LogP) is 4.46. The molecule has 0 saturated carbocycles. The van der Waals surface area contributed by atoms with Gasteiger partial charge in [0.2, 0.25) is 0 Å². The summed E-state index contributed by atoms with van der Waals surface area (Å²) < 4.78 is 26.6. The van der Waals surface area contributed by atoms with Gasteiger partial charge in [-0.15, -0.1) is 0 Å². The number of hydrogen-bond donors (Lipinski definition) is 0. The Hall–Kier alpha value is -2.92. The van der Waals surface area contributed by atoms with Crippen LogP contribution in [0.15, 0.2) is 48.6 Å². The molecule has 0 spiro atoms. The van der Waals surface area contributed by atoms with Crippen LogP contribution in [-0.4, -0.2) is 41.7 Å². The summed E-state index contributed by atoms with van der Waals surface area (Å²) in [5, 5.41) is 0. The predicted molar refractivity (Wildman–Crippen MR) is 108 cm³/mol. The topological polar surface area (TPSA) is 46.2 Å². The van der Waals surface area contributed by atoms with Crippen molar-refractivity contribution in [3.63, 3.8) is 0 Å². The van der Waals surface area contributed by atoms with E-state index in [0.29, 0.717) is 13.2 Å². The van der Waals surface area contributed by atoms with E-state index >= 15 is 0 Å². The molecule has 2 aromatic carbocycles. The fourth-order valence-corrected chi connectivity index (χ4v) is 2.42. The molecule has 0 heterocycles. The quantitative estimate of drug-likeness (QED) is 0.578. The van der Waals surface area contributed by atoms with Crippen molar-refractivity contribution in [2.75, 3.05) is 41.7 Å². The van der Waals surface area contributed by atoms with Crippen molar-refractivity contribution in [3.05, 3.63) is 59.7 Å². The molecular formula is C22H26O5. The van der Waals surface area contributed by atoms with Crippen molar-refractivity contribution >= 4 is 12.2 Å². The minimum atomic E-state index is 0.505. The van der Waals surface area contributed by atoms with Crippen LogP contribution in [0.25, 0.3) is 12.2 Å². The molecule has 0 aliphatic heterocycles. The summed E-state index contributed by atoms with van der Waals surface area (Å²) >= 11 is 0. The van der Waals surface area contributed by atoms with Gasteiger partial charge in [-0.3, -0.25) is 0 Å². The number of methoxy groups -OCH3 is 4. The molecule has 2 rings (SSSR count). The molecule has 0 radical (unpaired) electrons. The third-order valence-electron chi connectivity index (χ3n) is 3.80. The van der Waals surface area contributed by atoms with Crippen LogP contribution in [-0.2, 0) is 4.74 Å². The van der Waals surface area contributed by atoms with Gasteiger partial charge < -0.3 is 23.7 Å². The van der Waals surface area contributed by atoms with Crippen LogP contribution in [0.1, 0.15) is 11.1 Å². The Labute approximate surface area is 160 Å². The molecule has 0 saturated heterocycles. The molecule has 5 heteroatoms. The van der Waals surface area contributed by atoms with E-state index in [1.165, 1.54) is 0 Å². The van der Waals surface area contributed by atoms with Crippen LogP contribution in [0, 0.1) is 0 Å². The maximum atomic E-state index is 5.60. The molecule has 2 aromatic rings. The first-order chi connectivity index (χ1) is 13.2. The van der Waals surface area contributed by atoms with Crippen molar-refractivity contribution < 1.29 is 23.7 Å². The molecule has 0 aromatic heterocycles. The molecule has 0 aliphatic carbocycles. The summed E-state index contributed by atoms with van der Waals surface area (Å²) in [6.07, 6.45) is 7.86. The van der Waals surface area contributed by atoms with Gasteiger partial charge in [-0.1, -0.05) is 24.3 Å². The Kier molecular flexibility index (Phi) is 8.26. The molecule has 0 fully saturated rings. The first-order valence-electron chi connectivity index (χ1n) is 8.55. The van der Waals surface area contributed by atoms with Crippen molar-refractivity contribution in [2.45, 2.75) is 0 Å². The van der Waals surface area contributed by atoms with E-state index in [0.717, 1.165) is 34.1 Å². The number of hydrogen-bond acceptors (Lipinski definition) is 5. The van der Waals surface area contributed by atoms with E-state index in [1.54, 1.807) is 28.4 Å². The van der Waals surface area contributed by atoms with E-state index in [-0.39, 0.29) is 0 Å². The monoisotopic (exact) mass is 370 g/mol. The van der Waals surface area contributed by atoms with Gasteiger partial charge in [0.1, 0.15) is 23.0 Å². The first kappa shape index (κ1) is 20.4. The zero-order valence-electron chi connectivity index (χ0n) is 16.2. The molecule has 0 N–H and O–H groups in total. The van der Waals surface area contributed by atoms with E-state index < -0.39 is 0 Å². The second-order valence-corrected chi connectivity index (χ2v) is 5.63. The number of benzene rings is 2. The summed E-state index contributed by atoms with van der Waals surface area (Å²) in [4.78, 5) is 0. The third kappa shape index (κ3) is 6.72. The summed E-state index contributed by atoms with van der Waals surface area (Å²) in [6, 6.07) is 11.4. The fraction of sp³-hybridized carbons (Fsp3) is 0.273. The van der Waals surface area contributed by atoms with E-state index in [4.69, 9.17) is 23.7 Å². The van der Waals surface area contributed by atoms with Gasteiger partial charge in [0.05, 0.1) is 41.7 Å². The van der Waals surface area contributed by atoms with Crippen molar-refractivity contribution in [1.82, 2.24) is 0 Å². The highest BCUT2D eigenvalue weighted by atomic mass is 16.5. The lowest BCUT2D eigenvalue weighted by Gasteiger charge is -2.06. The Morgan fingerprint density at radius 2 is 0.889 bits per heavy atom. The summed E-state index contributed by atoms with van der Waals surface area (Å²) in [7, 11) is 6.54. The van der Waals surface area contributed by atoms with Gasteiger partial charge in [-0.25, -0.2) is 0 Å². The highest BCUT2D eigenvalue weighted by molar-refractivity contribution is 5.56. The Balaban J connectivity index is 1.83. The standard InChI is InChI=1S/C22H26O5/c1-23-19-11-17(12-20(15-19)24-2)7-5-9-27-10-6-8-18-13-21(25-3)16-22(14-18)26-4/h5-8,11-16H,9-10H2,1-4H3. The van der Waals surface area contributed by atoms with Crippen molar-refractivity contribution in [3.8, 4) is 23.0 Å². The average Bonchev–Trinajstić information content (AvgIpc) is 2.72. The van der Waals surface area contributed by atoms with E-state index in [9.17, 15) is 0 Å². The Bertz CT molecular complexity index is 670. The molecule has 0 atom stereocenters. The maximum Gasteiger partial charge on any atom is 0.123 e.